The molecule has 60 heavy (non-hydrogen) atoms. The molecule has 6 aliphatic heterocycles. The summed E-state index contributed by atoms with van der Waals surface area (Å²) in [6, 6.07) is 7.29. The molecule has 8 atom stereocenters. The zero-order valence-corrected chi connectivity index (χ0v) is 35.8. The Balaban J connectivity index is 0.000000181. The first-order valence-electron chi connectivity index (χ1n) is 22.4. The maximum atomic E-state index is 13.1. The van der Waals surface area contributed by atoms with E-state index in [9.17, 15) is 29.4 Å². The van der Waals surface area contributed by atoms with Gasteiger partial charge in [-0.05, 0) is 89.5 Å². The van der Waals surface area contributed by atoms with Crippen LogP contribution in [0, 0.1) is 35.5 Å². The molecule has 328 valence electrons. The molecule has 2 amide bonds. The summed E-state index contributed by atoms with van der Waals surface area (Å²) in [7, 11) is 0. The number of hydrogen-bond donors (Lipinski definition) is 4. The number of carbonyl (C=O) groups excluding carboxylic acids is 2. The number of aromatic nitrogens is 2. The molecule has 8 rings (SSSR count). The second-order valence-electron chi connectivity index (χ2n) is 17.3. The van der Waals surface area contributed by atoms with Crippen molar-refractivity contribution >= 4 is 24.0 Å². The van der Waals surface area contributed by atoms with Crippen LogP contribution in [0.2, 0.25) is 0 Å². The lowest BCUT2D eigenvalue weighted by atomic mass is 9.86. The summed E-state index contributed by atoms with van der Waals surface area (Å²) in [5.41, 5.74) is 3.08. The van der Waals surface area contributed by atoms with Crippen LogP contribution in [0.25, 0.3) is 12.2 Å². The van der Waals surface area contributed by atoms with Crippen LogP contribution < -0.4 is 21.8 Å². The number of allylic oxidation sites excluding steroid dienone is 2. The molecule has 2 aromatic heterocycles. The van der Waals surface area contributed by atoms with Gasteiger partial charge in [0.1, 0.15) is 0 Å². The van der Waals surface area contributed by atoms with Gasteiger partial charge in [-0.2, -0.15) is 0 Å². The third kappa shape index (κ3) is 8.48. The van der Waals surface area contributed by atoms with Crippen LogP contribution in [0.3, 0.4) is 0 Å². The molecule has 6 aliphatic rings. The van der Waals surface area contributed by atoms with Gasteiger partial charge in [0.05, 0.1) is 23.9 Å². The number of aliphatic hydroxyl groups excluding tert-OH is 2. The van der Waals surface area contributed by atoms with E-state index in [0.29, 0.717) is 49.1 Å². The third-order valence-electron chi connectivity index (χ3n) is 14.0. The molecular weight excluding hydrogens is 765 g/mol. The van der Waals surface area contributed by atoms with E-state index < -0.39 is 0 Å². The molecule has 4 N–H and O–H groups in total. The van der Waals surface area contributed by atoms with Crippen LogP contribution in [0.15, 0.2) is 46.0 Å². The molecule has 4 fully saturated rings. The molecule has 0 radical (unpaired) electrons. The summed E-state index contributed by atoms with van der Waals surface area (Å²) in [4.78, 5) is 57.3. The molecule has 14 heteroatoms. The van der Waals surface area contributed by atoms with E-state index in [1.54, 1.807) is 0 Å². The first kappa shape index (κ1) is 44.1. The Bertz CT molecular complexity index is 1860. The molecule has 0 unspecified atom stereocenters. The maximum absolute atomic E-state index is 13.1. The monoisotopic (exact) mass is 830 g/mol. The fraction of sp³-hybridized carbons (Fsp3) is 0.652. The van der Waals surface area contributed by atoms with Gasteiger partial charge in [0.2, 0.25) is 11.8 Å². The number of hydrogen-bond acceptors (Lipinski definition) is 10. The standard InChI is InChI=1S/2C23H33N3O4/c2*1-3-5-16-6-7-18-21-20(22(28)24-4-2)17(14-27)19(13-26(18)23(16)29)25(21)12-15-8-10-30-11-9-15/h2*3,5-7,15,17,19-21,27H,4,8-14H2,1-2H3,(H,24,28)/b5-3+;5-3-/t2*17-,19-,20+,21+/m11/s1. The largest absolute Gasteiger partial charge is 0.396 e. The SMILES string of the molecule is C/C=C/c1ccc2n(c1=O)C[C@@H]1[C@@H](CO)[C@H](C(=O)NCC)[C@H]2N1CC1CCOCC1.C/C=C\c1ccc2n(c1=O)C[C@@H]1[C@@H](CO)[C@H](C(=O)NCC)[C@H]2N1CC1CCOCC1. The molecule has 8 heterocycles. The number of aliphatic hydroxyl groups is 2. The Morgan fingerprint density at radius 2 is 1.05 bits per heavy atom. The number of rotatable bonds is 12. The van der Waals surface area contributed by atoms with E-state index in [1.807, 2.05) is 85.4 Å². The maximum Gasteiger partial charge on any atom is 0.258 e. The fourth-order valence-corrected chi connectivity index (χ4v) is 11.2. The first-order valence-corrected chi connectivity index (χ1v) is 22.4. The van der Waals surface area contributed by atoms with Crippen LogP contribution in [0.5, 0.6) is 0 Å². The van der Waals surface area contributed by atoms with E-state index in [2.05, 4.69) is 20.4 Å². The lowest BCUT2D eigenvalue weighted by molar-refractivity contribution is -0.128. The highest BCUT2D eigenvalue weighted by Gasteiger charge is 2.57. The van der Waals surface area contributed by atoms with Gasteiger partial charge in [-0.3, -0.25) is 29.0 Å². The van der Waals surface area contributed by atoms with Crippen molar-refractivity contribution in [3.8, 4) is 0 Å². The van der Waals surface area contributed by atoms with Gasteiger partial charge < -0.3 is 39.5 Å². The minimum absolute atomic E-state index is 0.0143. The summed E-state index contributed by atoms with van der Waals surface area (Å²) >= 11 is 0. The third-order valence-corrected chi connectivity index (χ3v) is 14.0. The van der Waals surface area contributed by atoms with Crippen molar-refractivity contribution in [1.29, 1.82) is 0 Å². The molecule has 2 aromatic rings. The van der Waals surface area contributed by atoms with Crippen LogP contribution in [0.1, 0.15) is 88.0 Å². The van der Waals surface area contributed by atoms with E-state index in [0.717, 1.165) is 76.6 Å². The van der Waals surface area contributed by atoms with Crippen LogP contribution in [-0.2, 0) is 32.2 Å². The molecular formula is C46H66N6O8. The van der Waals surface area contributed by atoms with Gasteiger partial charge >= 0.3 is 0 Å². The van der Waals surface area contributed by atoms with Crippen molar-refractivity contribution in [3.63, 3.8) is 0 Å². The summed E-state index contributed by atoms with van der Waals surface area (Å²) < 4.78 is 14.7. The second kappa shape index (κ2) is 19.9. The van der Waals surface area contributed by atoms with Crippen molar-refractivity contribution in [1.82, 2.24) is 29.6 Å². The minimum Gasteiger partial charge on any atom is -0.396 e. The van der Waals surface area contributed by atoms with E-state index in [4.69, 9.17) is 9.47 Å². The van der Waals surface area contributed by atoms with Gasteiger partial charge in [-0.1, -0.05) is 24.3 Å². The van der Waals surface area contributed by atoms with Crippen molar-refractivity contribution in [2.45, 2.75) is 90.6 Å². The molecule has 0 spiro atoms. The van der Waals surface area contributed by atoms with Gasteiger partial charge in [0, 0.05) is 125 Å². The molecule has 0 aliphatic carbocycles. The number of fused-ring (bicyclic) bond motifs is 8. The highest BCUT2D eigenvalue weighted by atomic mass is 16.5. The average molecular weight is 831 g/mol. The average Bonchev–Trinajstić information content (AvgIpc) is 3.59. The Morgan fingerprint density at radius 1 is 0.667 bits per heavy atom. The predicted molar refractivity (Wildman–Crippen MR) is 230 cm³/mol. The van der Waals surface area contributed by atoms with Crippen molar-refractivity contribution in [3.05, 3.63) is 79.6 Å². The number of pyridine rings is 2. The van der Waals surface area contributed by atoms with E-state index >= 15 is 0 Å². The molecule has 0 saturated carbocycles. The lowest BCUT2D eigenvalue weighted by Crippen LogP contribution is -2.48. The summed E-state index contributed by atoms with van der Waals surface area (Å²) in [5, 5.41) is 26.5. The Labute approximate surface area is 353 Å². The smallest absolute Gasteiger partial charge is 0.258 e. The Hall–Kier alpha value is -3.92. The van der Waals surface area contributed by atoms with Crippen LogP contribution in [0.4, 0.5) is 0 Å². The second-order valence-corrected chi connectivity index (χ2v) is 17.3. The molecule has 0 aromatic carbocycles. The van der Waals surface area contributed by atoms with Gasteiger partial charge in [0.25, 0.3) is 11.1 Å². The van der Waals surface area contributed by atoms with Crippen LogP contribution >= 0.6 is 0 Å². The predicted octanol–water partition coefficient (Wildman–Crippen LogP) is 2.82. The van der Waals surface area contributed by atoms with Gasteiger partial charge in [-0.15, -0.1) is 0 Å². The van der Waals surface area contributed by atoms with Crippen molar-refractivity contribution in [2.75, 3.05) is 65.8 Å². The molecule has 4 saturated heterocycles. The first-order chi connectivity index (χ1) is 29.2. The van der Waals surface area contributed by atoms with Crippen LogP contribution in [-0.4, -0.2) is 119 Å². The highest BCUT2D eigenvalue weighted by molar-refractivity contribution is 5.81. The van der Waals surface area contributed by atoms with E-state index in [-0.39, 0.29) is 84.0 Å². The molecule has 14 nitrogen and oxygen atoms in total. The van der Waals surface area contributed by atoms with Crippen molar-refractivity contribution in [2.24, 2.45) is 35.5 Å². The Morgan fingerprint density at radius 3 is 1.38 bits per heavy atom. The summed E-state index contributed by atoms with van der Waals surface area (Å²) in [6.45, 7) is 14.5. The Kier molecular flexibility index (Phi) is 14.6. The van der Waals surface area contributed by atoms with Gasteiger partial charge in [0.15, 0.2) is 0 Å². The minimum atomic E-state index is -0.361. The quantitative estimate of drug-likeness (QED) is 0.250. The zero-order valence-electron chi connectivity index (χ0n) is 35.8. The number of amides is 2. The highest BCUT2D eigenvalue weighted by Crippen LogP contribution is 2.50. The van der Waals surface area contributed by atoms with Crippen molar-refractivity contribution < 1.29 is 29.3 Å². The summed E-state index contributed by atoms with van der Waals surface area (Å²) in [5.74, 6) is -0.134. The lowest BCUT2D eigenvalue weighted by Gasteiger charge is -2.40. The summed E-state index contributed by atoms with van der Waals surface area (Å²) in [6.07, 6.45) is 11.4. The number of carbonyl (C=O) groups is 2. The molecule has 4 bridgehead atoms. The number of ether oxygens (including phenoxy) is 2. The fourth-order valence-electron chi connectivity index (χ4n) is 11.2. The normalized spacial score (nSPS) is 29.3. The zero-order chi connectivity index (χ0) is 42.5. The van der Waals surface area contributed by atoms with E-state index in [1.165, 1.54) is 0 Å². The number of nitrogens with zero attached hydrogens (tertiary/aromatic N) is 4. The topological polar surface area (TPSA) is 168 Å². The van der Waals surface area contributed by atoms with Gasteiger partial charge in [-0.25, -0.2) is 0 Å². The number of nitrogens with one attached hydrogen (secondary N) is 2.